The van der Waals surface area contributed by atoms with Gasteiger partial charge in [0, 0.05) is 22.7 Å². The summed E-state index contributed by atoms with van der Waals surface area (Å²) < 4.78 is 0.749. The second kappa shape index (κ2) is 5.31. The van der Waals surface area contributed by atoms with E-state index in [2.05, 4.69) is 21.2 Å². The van der Waals surface area contributed by atoms with Crippen LogP contribution in [0.2, 0.25) is 5.02 Å². The quantitative estimate of drug-likeness (QED) is 0.882. The molecule has 0 aromatic heterocycles. The number of carboxylic acids is 1. The highest BCUT2D eigenvalue weighted by Crippen LogP contribution is 2.32. The number of hydrogen-bond donors (Lipinski definition) is 2. The van der Waals surface area contributed by atoms with Gasteiger partial charge in [0.05, 0.1) is 5.02 Å². The highest BCUT2D eigenvalue weighted by atomic mass is 79.9. The largest absolute Gasteiger partial charge is 0.479 e. The number of halogens is 2. The van der Waals surface area contributed by atoms with E-state index in [1.54, 1.807) is 18.2 Å². The Labute approximate surface area is 125 Å². The van der Waals surface area contributed by atoms with E-state index in [9.17, 15) is 9.90 Å². The molecule has 6 heteroatoms. The smallest absolute Gasteiger partial charge is 0.330 e. The van der Waals surface area contributed by atoms with E-state index in [-0.39, 0.29) is 6.04 Å². The Bertz CT molecular complexity index is 499. The number of aliphatic carboxylic acids is 1. The molecule has 0 bridgehead atoms. The zero-order chi connectivity index (χ0) is 14.2. The van der Waals surface area contributed by atoms with Crippen LogP contribution < -0.4 is 5.32 Å². The first-order valence-corrected chi connectivity index (χ1v) is 7.18. The van der Waals surface area contributed by atoms with Crippen molar-refractivity contribution in [3.63, 3.8) is 0 Å². The second-order valence-corrected chi connectivity index (χ2v) is 6.37. The van der Waals surface area contributed by atoms with E-state index in [0.29, 0.717) is 18.0 Å². The van der Waals surface area contributed by atoms with Crippen molar-refractivity contribution < 1.29 is 9.90 Å². The highest BCUT2D eigenvalue weighted by Gasteiger charge is 2.47. The van der Waals surface area contributed by atoms with Crippen LogP contribution in [0.1, 0.15) is 13.3 Å². The van der Waals surface area contributed by atoms with E-state index in [1.807, 2.05) is 18.9 Å². The van der Waals surface area contributed by atoms with E-state index in [1.165, 1.54) is 0 Å². The van der Waals surface area contributed by atoms with Gasteiger partial charge in [-0.2, -0.15) is 0 Å². The molecule has 0 radical (unpaired) electrons. The maximum absolute atomic E-state index is 11.6. The van der Waals surface area contributed by atoms with E-state index >= 15 is 0 Å². The molecule has 2 N–H and O–H groups in total. The Morgan fingerprint density at radius 2 is 2.32 bits per heavy atom. The summed E-state index contributed by atoms with van der Waals surface area (Å²) in [5.41, 5.74) is -0.192. The maximum Gasteiger partial charge on any atom is 0.330 e. The van der Waals surface area contributed by atoms with Gasteiger partial charge >= 0.3 is 5.97 Å². The summed E-state index contributed by atoms with van der Waals surface area (Å²) in [4.78, 5) is 13.7. The Kier molecular flexibility index (Phi) is 4.08. The first kappa shape index (κ1) is 14.6. The molecule has 0 amide bonds. The van der Waals surface area contributed by atoms with E-state index in [4.69, 9.17) is 11.6 Å². The molecule has 1 aromatic rings. The topological polar surface area (TPSA) is 52.6 Å². The number of benzene rings is 1. The van der Waals surface area contributed by atoms with Gasteiger partial charge in [-0.05, 0) is 54.5 Å². The molecule has 1 aromatic carbocycles. The molecular weight excluding hydrogens is 332 g/mol. The van der Waals surface area contributed by atoms with Crippen molar-refractivity contribution in [2.75, 3.05) is 18.9 Å². The molecule has 0 spiro atoms. The Balaban J connectivity index is 2.27. The third-order valence-corrected chi connectivity index (χ3v) is 4.84. The van der Waals surface area contributed by atoms with Crippen LogP contribution in [0, 0.1) is 0 Å². The van der Waals surface area contributed by atoms with Crippen molar-refractivity contribution in [3.05, 3.63) is 27.7 Å². The van der Waals surface area contributed by atoms with Crippen LogP contribution in [-0.4, -0.2) is 41.1 Å². The minimum atomic E-state index is -0.943. The summed E-state index contributed by atoms with van der Waals surface area (Å²) >= 11 is 9.29. The van der Waals surface area contributed by atoms with Crippen LogP contribution in [0.25, 0.3) is 0 Å². The lowest BCUT2D eigenvalue weighted by Crippen LogP contribution is -2.48. The lowest BCUT2D eigenvalue weighted by molar-refractivity contribution is -0.141. The number of nitrogens with zero attached hydrogens (tertiary/aromatic N) is 1. The van der Waals surface area contributed by atoms with E-state index in [0.717, 1.165) is 10.2 Å². The van der Waals surface area contributed by atoms with Crippen molar-refractivity contribution in [1.29, 1.82) is 0 Å². The first-order chi connectivity index (χ1) is 8.84. The number of anilines is 1. The minimum absolute atomic E-state index is 0.236. The normalized spacial score (nSPS) is 27.5. The Morgan fingerprint density at radius 1 is 1.63 bits per heavy atom. The molecule has 1 fully saturated rings. The average molecular weight is 348 g/mol. The van der Waals surface area contributed by atoms with Crippen molar-refractivity contribution >= 4 is 39.2 Å². The third-order valence-electron chi connectivity index (χ3n) is 3.63. The number of carbonyl (C=O) groups is 1. The summed E-state index contributed by atoms with van der Waals surface area (Å²) in [6.07, 6.45) is 0.569. The number of nitrogens with one attached hydrogen (secondary N) is 1. The standard InChI is InChI=1S/C13H16BrClN2O2/c1-8-6-13(12(18)19,7-17(8)2)16-9-3-4-11(15)10(14)5-9/h3-5,8,16H,6-7H2,1-2H3,(H,18,19). The van der Waals surface area contributed by atoms with Crippen molar-refractivity contribution in [3.8, 4) is 0 Å². The second-order valence-electron chi connectivity index (χ2n) is 5.11. The van der Waals surface area contributed by atoms with Gasteiger partial charge in [-0.25, -0.2) is 4.79 Å². The van der Waals surface area contributed by atoms with Crippen LogP contribution in [0.4, 0.5) is 5.69 Å². The fourth-order valence-corrected chi connectivity index (χ4v) is 2.95. The molecule has 1 aliphatic rings. The average Bonchev–Trinajstić information content (AvgIpc) is 2.61. The minimum Gasteiger partial charge on any atom is -0.479 e. The van der Waals surface area contributed by atoms with E-state index < -0.39 is 11.5 Å². The fraction of sp³-hybridized carbons (Fsp3) is 0.462. The summed E-state index contributed by atoms with van der Waals surface area (Å²) in [5.74, 6) is -0.824. The molecule has 1 heterocycles. The van der Waals surface area contributed by atoms with Crippen LogP contribution in [0.15, 0.2) is 22.7 Å². The molecule has 104 valence electrons. The zero-order valence-electron chi connectivity index (χ0n) is 10.8. The summed E-state index contributed by atoms with van der Waals surface area (Å²) in [5, 5.41) is 13.3. The van der Waals surface area contributed by atoms with Crippen LogP contribution in [-0.2, 0) is 4.79 Å². The van der Waals surface area contributed by atoms with Crippen LogP contribution in [0.5, 0.6) is 0 Å². The molecule has 2 unspecified atom stereocenters. The lowest BCUT2D eigenvalue weighted by atomic mass is 9.96. The first-order valence-electron chi connectivity index (χ1n) is 6.01. The van der Waals surface area contributed by atoms with Gasteiger partial charge in [0.2, 0.25) is 0 Å². The summed E-state index contributed by atoms with van der Waals surface area (Å²) in [6.45, 7) is 2.51. The molecule has 1 aliphatic heterocycles. The maximum atomic E-state index is 11.6. The van der Waals surface area contributed by atoms with Gasteiger partial charge in [-0.3, -0.25) is 0 Å². The molecule has 0 saturated carbocycles. The summed E-state index contributed by atoms with van der Waals surface area (Å²) in [6, 6.07) is 5.57. The predicted molar refractivity (Wildman–Crippen MR) is 79.9 cm³/mol. The Hall–Kier alpha value is -0.780. The van der Waals surface area contributed by atoms with Gasteiger partial charge < -0.3 is 15.3 Å². The van der Waals surface area contributed by atoms with Gasteiger partial charge in [0.1, 0.15) is 5.54 Å². The van der Waals surface area contributed by atoms with Gasteiger partial charge in [-0.15, -0.1) is 0 Å². The predicted octanol–water partition coefficient (Wildman–Crippen LogP) is 3.06. The van der Waals surface area contributed by atoms with Gasteiger partial charge in [0.15, 0.2) is 0 Å². The molecule has 2 rings (SSSR count). The van der Waals surface area contributed by atoms with Crippen molar-refractivity contribution in [1.82, 2.24) is 4.90 Å². The zero-order valence-corrected chi connectivity index (χ0v) is 13.1. The Morgan fingerprint density at radius 3 is 2.79 bits per heavy atom. The van der Waals surface area contributed by atoms with Crippen LogP contribution in [0.3, 0.4) is 0 Å². The van der Waals surface area contributed by atoms with Crippen molar-refractivity contribution in [2.24, 2.45) is 0 Å². The number of likely N-dealkylation sites (tertiary alicyclic amines) is 1. The number of hydrogen-bond acceptors (Lipinski definition) is 3. The summed E-state index contributed by atoms with van der Waals surface area (Å²) in [7, 11) is 1.94. The molecule has 0 aliphatic carbocycles. The SMILES string of the molecule is CC1CC(Nc2ccc(Cl)c(Br)c2)(C(=O)O)CN1C. The molecule has 2 atom stereocenters. The monoisotopic (exact) mass is 346 g/mol. The van der Waals surface area contributed by atoms with Gasteiger partial charge in [-0.1, -0.05) is 11.6 Å². The molecule has 19 heavy (non-hydrogen) atoms. The lowest BCUT2D eigenvalue weighted by Gasteiger charge is -2.27. The fourth-order valence-electron chi connectivity index (χ4n) is 2.46. The van der Waals surface area contributed by atoms with Gasteiger partial charge in [0.25, 0.3) is 0 Å². The highest BCUT2D eigenvalue weighted by molar-refractivity contribution is 9.10. The molecular formula is C13H16BrClN2O2. The third kappa shape index (κ3) is 2.88. The molecule has 1 saturated heterocycles. The van der Waals surface area contributed by atoms with Crippen LogP contribution >= 0.6 is 27.5 Å². The molecule has 4 nitrogen and oxygen atoms in total. The number of carboxylic acid groups (broad SMARTS) is 1. The number of rotatable bonds is 3. The number of likely N-dealkylation sites (N-methyl/N-ethyl adjacent to an activating group) is 1. The van der Waals surface area contributed by atoms with Crippen molar-refractivity contribution in [2.45, 2.75) is 24.9 Å².